The standard InChI is InChI=1S/C15H15O3P/c1-2-17-19(16)15(12-8-4-3-5-9-12)13-10-6-7-11-14(13)18-19/h3-11,15H,2H2,1H3. The summed E-state index contributed by atoms with van der Waals surface area (Å²) in [7, 11) is -3.18. The molecule has 4 heteroatoms. The van der Waals surface area contributed by atoms with E-state index in [1.807, 2.05) is 61.5 Å². The van der Waals surface area contributed by atoms with Gasteiger partial charge in [-0.1, -0.05) is 48.5 Å². The Morgan fingerprint density at radius 2 is 1.79 bits per heavy atom. The van der Waals surface area contributed by atoms with Gasteiger partial charge in [0.1, 0.15) is 11.4 Å². The third kappa shape index (κ3) is 2.09. The Morgan fingerprint density at radius 3 is 2.53 bits per heavy atom. The Balaban J connectivity index is 2.14. The normalized spacial score (nSPS) is 24.8. The first kappa shape index (κ1) is 12.5. The number of rotatable bonds is 3. The number of hydrogen-bond acceptors (Lipinski definition) is 3. The predicted octanol–water partition coefficient (Wildman–Crippen LogP) is 4.40. The lowest BCUT2D eigenvalue weighted by molar-refractivity contribution is 0.282. The van der Waals surface area contributed by atoms with Gasteiger partial charge in [-0.15, -0.1) is 0 Å². The third-order valence-electron chi connectivity index (χ3n) is 3.18. The molecule has 0 fully saturated rings. The second-order valence-corrected chi connectivity index (χ2v) is 6.44. The van der Waals surface area contributed by atoms with Crippen LogP contribution in [0.1, 0.15) is 23.7 Å². The molecule has 2 atom stereocenters. The van der Waals surface area contributed by atoms with Crippen LogP contribution in [0, 0.1) is 0 Å². The molecule has 0 spiro atoms. The van der Waals surface area contributed by atoms with Crippen molar-refractivity contribution in [1.82, 2.24) is 0 Å². The lowest BCUT2D eigenvalue weighted by atomic mass is 10.0. The fourth-order valence-corrected chi connectivity index (χ4v) is 4.63. The van der Waals surface area contributed by atoms with Gasteiger partial charge in [-0.05, 0) is 18.6 Å². The highest BCUT2D eigenvalue weighted by molar-refractivity contribution is 7.55. The van der Waals surface area contributed by atoms with Gasteiger partial charge in [0.05, 0.1) is 6.61 Å². The minimum absolute atomic E-state index is 0.329. The minimum atomic E-state index is -3.18. The van der Waals surface area contributed by atoms with Crippen molar-refractivity contribution in [1.29, 1.82) is 0 Å². The maximum atomic E-state index is 13.0. The zero-order valence-electron chi connectivity index (χ0n) is 10.7. The molecular formula is C15H15O3P. The van der Waals surface area contributed by atoms with Crippen LogP contribution in [0.25, 0.3) is 0 Å². The molecule has 3 rings (SSSR count). The van der Waals surface area contributed by atoms with E-state index in [1.165, 1.54) is 0 Å². The number of hydrogen-bond donors (Lipinski definition) is 0. The maximum Gasteiger partial charge on any atom is 0.391 e. The van der Waals surface area contributed by atoms with E-state index in [9.17, 15) is 4.57 Å². The average Bonchev–Trinajstić information content (AvgIpc) is 2.71. The van der Waals surface area contributed by atoms with Gasteiger partial charge in [0.2, 0.25) is 0 Å². The van der Waals surface area contributed by atoms with Gasteiger partial charge in [0, 0.05) is 5.56 Å². The summed E-state index contributed by atoms with van der Waals surface area (Å²) < 4.78 is 24.1. The summed E-state index contributed by atoms with van der Waals surface area (Å²) in [6.07, 6.45) is 0. The first-order chi connectivity index (χ1) is 9.24. The van der Waals surface area contributed by atoms with E-state index in [1.54, 1.807) is 0 Å². The molecule has 0 radical (unpaired) electrons. The van der Waals surface area contributed by atoms with E-state index in [2.05, 4.69) is 0 Å². The van der Waals surface area contributed by atoms with Crippen LogP contribution in [0.3, 0.4) is 0 Å². The Morgan fingerprint density at radius 1 is 1.11 bits per heavy atom. The number of para-hydroxylation sites is 1. The van der Waals surface area contributed by atoms with Gasteiger partial charge in [-0.3, -0.25) is 4.52 Å². The van der Waals surface area contributed by atoms with Crippen molar-refractivity contribution in [2.45, 2.75) is 12.6 Å². The monoisotopic (exact) mass is 274 g/mol. The molecule has 98 valence electrons. The Hall–Kier alpha value is -1.57. The van der Waals surface area contributed by atoms with Gasteiger partial charge >= 0.3 is 7.60 Å². The van der Waals surface area contributed by atoms with Gasteiger partial charge < -0.3 is 4.52 Å². The van der Waals surface area contributed by atoms with Crippen LogP contribution in [0.5, 0.6) is 5.75 Å². The molecule has 0 aromatic heterocycles. The van der Waals surface area contributed by atoms with Crippen LogP contribution in [0.2, 0.25) is 0 Å². The summed E-state index contributed by atoms with van der Waals surface area (Å²) in [5.74, 6) is 0.660. The molecule has 0 saturated carbocycles. The molecule has 2 aromatic rings. The summed E-state index contributed by atoms with van der Waals surface area (Å²) in [6.45, 7) is 2.20. The number of benzene rings is 2. The van der Waals surface area contributed by atoms with Crippen molar-refractivity contribution < 1.29 is 13.6 Å². The van der Waals surface area contributed by atoms with Crippen LogP contribution >= 0.6 is 7.60 Å². The van der Waals surface area contributed by atoms with Crippen molar-refractivity contribution in [2.24, 2.45) is 0 Å². The highest BCUT2D eigenvalue weighted by atomic mass is 31.2. The SMILES string of the molecule is CCOP1(=O)Oc2ccccc2C1c1ccccc1. The first-order valence-electron chi connectivity index (χ1n) is 6.32. The van der Waals surface area contributed by atoms with Crippen LogP contribution < -0.4 is 4.52 Å². The van der Waals surface area contributed by atoms with Gasteiger partial charge in [-0.2, -0.15) is 0 Å². The Kier molecular flexibility index (Phi) is 3.17. The van der Waals surface area contributed by atoms with E-state index in [4.69, 9.17) is 9.05 Å². The molecular weight excluding hydrogens is 259 g/mol. The molecule has 0 aliphatic carbocycles. The van der Waals surface area contributed by atoms with Gasteiger partial charge in [0.15, 0.2) is 0 Å². The van der Waals surface area contributed by atoms with E-state index in [0.29, 0.717) is 12.4 Å². The van der Waals surface area contributed by atoms with Crippen LogP contribution in [0.4, 0.5) is 0 Å². The summed E-state index contributed by atoms with van der Waals surface area (Å²) in [5.41, 5.74) is 1.57. The maximum absolute atomic E-state index is 13.0. The van der Waals surface area contributed by atoms with E-state index in [0.717, 1.165) is 11.1 Å². The molecule has 19 heavy (non-hydrogen) atoms. The van der Waals surface area contributed by atoms with Crippen LogP contribution in [-0.2, 0) is 9.09 Å². The van der Waals surface area contributed by atoms with Crippen LogP contribution in [0.15, 0.2) is 54.6 Å². The third-order valence-corrected chi connectivity index (χ3v) is 5.46. The molecule has 2 aromatic carbocycles. The highest BCUT2D eigenvalue weighted by Crippen LogP contribution is 2.69. The lowest BCUT2D eigenvalue weighted by Gasteiger charge is -2.18. The molecule has 0 saturated heterocycles. The molecule has 0 amide bonds. The molecule has 0 bridgehead atoms. The largest absolute Gasteiger partial charge is 0.423 e. The Bertz CT molecular complexity index is 624. The molecule has 2 unspecified atom stereocenters. The van der Waals surface area contributed by atoms with Crippen LogP contribution in [-0.4, -0.2) is 6.61 Å². The second-order valence-electron chi connectivity index (χ2n) is 4.40. The second kappa shape index (κ2) is 4.84. The number of fused-ring (bicyclic) bond motifs is 1. The van der Waals surface area contributed by atoms with Crippen molar-refractivity contribution in [3.05, 3.63) is 65.7 Å². The van der Waals surface area contributed by atoms with E-state index >= 15 is 0 Å². The molecule has 1 heterocycles. The van der Waals surface area contributed by atoms with Gasteiger partial charge in [0.25, 0.3) is 0 Å². The fourth-order valence-electron chi connectivity index (χ4n) is 2.43. The highest BCUT2D eigenvalue weighted by Gasteiger charge is 2.46. The molecule has 0 N–H and O–H groups in total. The Labute approximate surface area is 112 Å². The zero-order valence-corrected chi connectivity index (χ0v) is 11.5. The summed E-state index contributed by atoms with van der Waals surface area (Å²) in [6, 6.07) is 17.3. The zero-order chi connectivity index (χ0) is 13.3. The van der Waals surface area contributed by atoms with Crippen molar-refractivity contribution in [3.8, 4) is 5.75 Å². The summed E-state index contributed by atoms with van der Waals surface area (Å²) in [4.78, 5) is 0. The molecule has 1 aliphatic heterocycles. The summed E-state index contributed by atoms with van der Waals surface area (Å²) >= 11 is 0. The average molecular weight is 274 g/mol. The predicted molar refractivity (Wildman–Crippen MR) is 74.6 cm³/mol. The van der Waals surface area contributed by atoms with Crippen molar-refractivity contribution >= 4 is 7.60 Å². The quantitative estimate of drug-likeness (QED) is 0.778. The molecule has 1 aliphatic rings. The first-order valence-corrected chi connectivity index (χ1v) is 7.93. The topological polar surface area (TPSA) is 35.5 Å². The fraction of sp³-hybridized carbons (Fsp3) is 0.200. The molecule has 3 nitrogen and oxygen atoms in total. The van der Waals surface area contributed by atoms with E-state index in [-0.39, 0.29) is 5.66 Å². The summed E-state index contributed by atoms with van der Waals surface area (Å²) in [5, 5.41) is 0. The minimum Gasteiger partial charge on any atom is -0.423 e. The van der Waals surface area contributed by atoms with Crippen molar-refractivity contribution in [3.63, 3.8) is 0 Å². The smallest absolute Gasteiger partial charge is 0.391 e. The lowest BCUT2D eigenvalue weighted by Crippen LogP contribution is -2.02. The van der Waals surface area contributed by atoms with Gasteiger partial charge in [-0.25, -0.2) is 4.57 Å². The van der Waals surface area contributed by atoms with E-state index < -0.39 is 7.60 Å². The van der Waals surface area contributed by atoms with Crippen molar-refractivity contribution in [2.75, 3.05) is 6.61 Å².